The molecule has 0 unspecified atom stereocenters. The van der Waals surface area contributed by atoms with E-state index in [1.165, 1.54) is 0 Å². The van der Waals surface area contributed by atoms with Crippen molar-refractivity contribution in [2.24, 2.45) is 29.6 Å². The summed E-state index contributed by atoms with van der Waals surface area (Å²) in [6, 6.07) is 0. The van der Waals surface area contributed by atoms with Crippen LogP contribution in [0.2, 0.25) is 0 Å². The maximum atomic E-state index is 12.5. The topological polar surface area (TPSA) is 52.6 Å². The van der Waals surface area contributed by atoms with Crippen LogP contribution in [0.1, 0.15) is 33.1 Å². The molecule has 0 bridgehead atoms. The summed E-state index contributed by atoms with van der Waals surface area (Å²) in [6.07, 6.45) is 11.7. The maximum absolute atomic E-state index is 12.5. The minimum atomic E-state index is -3.03. The highest BCUT2D eigenvalue weighted by Crippen LogP contribution is 2.56. The van der Waals surface area contributed by atoms with Crippen LogP contribution in [0.5, 0.6) is 0 Å². The van der Waals surface area contributed by atoms with Gasteiger partial charge >= 0.3 is 7.60 Å². The molecule has 2 fully saturated rings. The third kappa shape index (κ3) is 3.40. The zero-order valence-electron chi connectivity index (χ0n) is 14.0. The van der Waals surface area contributed by atoms with E-state index in [9.17, 15) is 9.36 Å². The molecule has 0 aliphatic heterocycles. The molecule has 0 saturated heterocycles. The van der Waals surface area contributed by atoms with Gasteiger partial charge in [-0.3, -0.25) is 9.36 Å². The molecule has 4 nitrogen and oxygen atoms in total. The SMILES string of the molecule is CCOP(=O)(C/C=C/[C@H]1C[C@H]2C=CC[C@@H]3CC(=O)[C@@H]1[C@H]32)OCC. The van der Waals surface area contributed by atoms with Crippen molar-refractivity contribution in [3.05, 3.63) is 24.3 Å². The number of rotatable bonds is 7. The Labute approximate surface area is 138 Å². The number of allylic oxidation sites excluding steroid dienone is 4. The molecule has 3 aliphatic carbocycles. The lowest BCUT2D eigenvalue weighted by Gasteiger charge is -2.25. The minimum Gasteiger partial charge on any atom is -0.309 e. The Hall–Kier alpha value is -0.700. The zero-order valence-corrected chi connectivity index (χ0v) is 14.9. The minimum absolute atomic E-state index is 0.171. The molecule has 128 valence electrons. The number of ketones is 1. The molecule has 0 heterocycles. The van der Waals surface area contributed by atoms with Crippen LogP contribution in [0.4, 0.5) is 0 Å². The van der Waals surface area contributed by atoms with Gasteiger partial charge in [0.1, 0.15) is 5.78 Å². The fraction of sp³-hybridized carbons (Fsp3) is 0.722. The highest BCUT2D eigenvalue weighted by atomic mass is 31.2. The van der Waals surface area contributed by atoms with E-state index in [4.69, 9.17) is 9.05 Å². The van der Waals surface area contributed by atoms with E-state index in [0.29, 0.717) is 42.9 Å². The lowest BCUT2D eigenvalue weighted by Crippen LogP contribution is -2.20. The third-order valence-corrected chi connectivity index (χ3v) is 7.44. The van der Waals surface area contributed by atoms with Crippen LogP contribution in [0.25, 0.3) is 0 Å². The van der Waals surface area contributed by atoms with Crippen LogP contribution in [0.15, 0.2) is 24.3 Å². The Morgan fingerprint density at radius 3 is 2.74 bits per heavy atom. The quantitative estimate of drug-likeness (QED) is 0.515. The summed E-state index contributed by atoms with van der Waals surface area (Å²) in [5.41, 5.74) is 0. The molecular formula is C18H27O4P. The molecule has 0 N–H and O–H groups in total. The van der Waals surface area contributed by atoms with Crippen LogP contribution in [-0.2, 0) is 18.4 Å². The Balaban J connectivity index is 1.67. The maximum Gasteiger partial charge on any atom is 0.334 e. The van der Waals surface area contributed by atoms with Crippen molar-refractivity contribution in [1.29, 1.82) is 0 Å². The van der Waals surface area contributed by atoms with Gasteiger partial charge in [-0.25, -0.2) is 0 Å². The summed E-state index contributed by atoms with van der Waals surface area (Å²) in [5, 5.41) is 0. The van der Waals surface area contributed by atoms with Gasteiger partial charge in [-0.1, -0.05) is 24.3 Å². The van der Waals surface area contributed by atoms with Gasteiger partial charge in [0.15, 0.2) is 0 Å². The van der Waals surface area contributed by atoms with Crippen molar-refractivity contribution in [3.8, 4) is 0 Å². The molecule has 0 aromatic carbocycles. The molecule has 5 heteroatoms. The van der Waals surface area contributed by atoms with Crippen LogP contribution in [-0.4, -0.2) is 25.2 Å². The highest BCUT2D eigenvalue weighted by molar-refractivity contribution is 7.54. The van der Waals surface area contributed by atoms with Crippen molar-refractivity contribution >= 4 is 13.4 Å². The Bertz CT molecular complexity index is 543. The molecule has 0 amide bonds. The second kappa shape index (κ2) is 7.04. The lowest BCUT2D eigenvalue weighted by atomic mass is 9.79. The smallest absolute Gasteiger partial charge is 0.309 e. The molecule has 0 aromatic heterocycles. The second-order valence-corrected chi connectivity index (χ2v) is 8.92. The van der Waals surface area contributed by atoms with Crippen LogP contribution >= 0.6 is 7.60 Å². The normalized spacial score (nSPS) is 36.1. The van der Waals surface area contributed by atoms with Crippen LogP contribution in [0.3, 0.4) is 0 Å². The number of hydrogen-bond acceptors (Lipinski definition) is 4. The first-order valence-corrected chi connectivity index (χ1v) is 10.5. The number of hydrogen-bond donors (Lipinski definition) is 0. The Morgan fingerprint density at radius 1 is 1.30 bits per heavy atom. The summed E-state index contributed by atoms with van der Waals surface area (Å²) in [7, 11) is -3.03. The van der Waals surface area contributed by atoms with Crippen LogP contribution < -0.4 is 0 Å². The molecular weight excluding hydrogens is 311 g/mol. The summed E-state index contributed by atoms with van der Waals surface area (Å²) < 4.78 is 23.1. The molecule has 2 saturated carbocycles. The van der Waals surface area contributed by atoms with E-state index in [1.807, 2.05) is 19.9 Å². The summed E-state index contributed by atoms with van der Waals surface area (Å²) >= 11 is 0. The zero-order chi connectivity index (χ0) is 16.4. The van der Waals surface area contributed by atoms with Crippen molar-refractivity contribution in [2.45, 2.75) is 33.1 Å². The molecule has 5 atom stereocenters. The third-order valence-electron chi connectivity index (χ3n) is 5.48. The van der Waals surface area contributed by atoms with Gasteiger partial charge in [-0.05, 0) is 50.4 Å². The van der Waals surface area contributed by atoms with Gasteiger partial charge in [-0.15, -0.1) is 0 Å². The second-order valence-electron chi connectivity index (χ2n) is 6.82. The average molecular weight is 338 g/mol. The van der Waals surface area contributed by atoms with Crippen molar-refractivity contribution in [2.75, 3.05) is 19.4 Å². The standard InChI is InChI=1S/C18H27O4P/c1-3-21-23(20,22-4-2)10-6-9-14-11-13-7-5-8-15-12-16(19)18(14)17(13)15/h5-7,9,13-15,17-18H,3-4,8,10-12H2,1-2H3/b9-6+/t13-,14+,15-,17+,18-/m1/s1. The summed E-state index contributed by atoms with van der Waals surface area (Å²) in [5.74, 6) is 2.52. The Kier molecular flexibility index (Phi) is 5.25. The van der Waals surface area contributed by atoms with E-state index in [1.54, 1.807) is 0 Å². The van der Waals surface area contributed by atoms with E-state index < -0.39 is 7.60 Å². The van der Waals surface area contributed by atoms with Gasteiger partial charge in [-0.2, -0.15) is 0 Å². The lowest BCUT2D eigenvalue weighted by molar-refractivity contribution is -0.121. The summed E-state index contributed by atoms with van der Waals surface area (Å²) in [6.45, 7) is 4.40. The number of Topliss-reactive ketones (excluding diaryl/α,β-unsaturated/α-hetero) is 1. The highest BCUT2D eigenvalue weighted by Gasteiger charge is 2.53. The van der Waals surface area contributed by atoms with Crippen molar-refractivity contribution < 1.29 is 18.4 Å². The van der Waals surface area contributed by atoms with Gasteiger partial charge < -0.3 is 9.05 Å². The summed E-state index contributed by atoms with van der Waals surface area (Å²) in [4.78, 5) is 12.4. The van der Waals surface area contributed by atoms with E-state index in [-0.39, 0.29) is 11.8 Å². The fourth-order valence-electron chi connectivity index (χ4n) is 4.77. The largest absolute Gasteiger partial charge is 0.334 e. The Morgan fingerprint density at radius 2 is 2.04 bits per heavy atom. The van der Waals surface area contributed by atoms with Gasteiger partial charge in [0.05, 0.1) is 19.4 Å². The molecule has 0 radical (unpaired) electrons. The first-order chi connectivity index (χ1) is 11.1. The molecule has 23 heavy (non-hydrogen) atoms. The number of carbonyl (C=O) groups is 1. The van der Waals surface area contributed by atoms with Crippen LogP contribution in [0, 0.1) is 29.6 Å². The molecule has 0 aromatic rings. The van der Waals surface area contributed by atoms with Crippen molar-refractivity contribution in [1.82, 2.24) is 0 Å². The fourth-order valence-corrected chi connectivity index (χ4v) is 6.22. The number of carbonyl (C=O) groups excluding carboxylic acids is 1. The van der Waals surface area contributed by atoms with Gasteiger partial charge in [0.2, 0.25) is 0 Å². The predicted molar refractivity (Wildman–Crippen MR) is 90.3 cm³/mol. The van der Waals surface area contributed by atoms with Crippen molar-refractivity contribution in [3.63, 3.8) is 0 Å². The monoisotopic (exact) mass is 338 g/mol. The molecule has 3 aliphatic rings. The molecule has 3 rings (SSSR count). The van der Waals surface area contributed by atoms with Gasteiger partial charge in [0, 0.05) is 12.3 Å². The van der Waals surface area contributed by atoms with E-state index in [0.717, 1.165) is 19.3 Å². The molecule has 0 spiro atoms. The van der Waals surface area contributed by atoms with Gasteiger partial charge in [0.25, 0.3) is 0 Å². The first kappa shape index (κ1) is 17.1. The van der Waals surface area contributed by atoms with E-state index >= 15 is 0 Å². The van der Waals surface area contributed by atoms with E-state index in [2.05, 4.69) is 18.2 Å². The average Bonchev–Trinajstić information content (AvgIpc) is 3.03. The first-order valence-electron chi connectivity index (χ1n) is 8.82. The predicted octanol–water partition coefficient (Wildman–Crippen LogP) is 4.23.